The number of para-hydroxylation sites is 1. The summed E-state index contributed by atoms with van der Waals surface area (Å²) >= 11 is 0. The monoisotopic (exact) mass is 239 g/mol. The van der Waals surface area contributed by atoms with Crippen molar-refractivity contribution in [2.45, 2.75) is 11.8 Å². The molecule has 0 aliphatic carbocycles. The minimum Gasteiger partial charge on any atom is -0.224 e. The van der Waals surface area contributed by atoms with Crippen LogP contribution in [0.25, 0.3) is 10.9 Å². The molecule has 84 valence electrons. The van der Waals surface area contributed by atoms with E-state index in [9.17, 15) is 12.8 Å². The zero-order valence-corrected chi connectivity index (χ0v) is 9.68. The van der Waals surface area contributed by atoms with E-state index in [1.165, 1.54) is 6.07 Å². The van der Waals surface area contributed by atoms with Gasteiger partial charge in [-0.15, -0.1) is 0 Å². The van der Waals surface area contributed by atoms with Crippen LogP contribution in [0.15, 0.2) is 29.2 Å². The van der Waals surface area contributed by atoms with Gasteiger partial charge in [-0.3, -0.25) is 0 Å². The summed E-state index contributed by atoms with van der Waals surface area (Å²) in [5.41, 5.74) is 1.31. The molecule has 0 saturated carbocycles. The molecule has 0 aliphatic rings. The maximum absolute atomic E-state index is 13.5. The quantitative estimate of drug-likeness (QED) is 0.716. The van der Waals surface area contributed by atoms with E-state index in [2.05, 4.69) is 4.98 Å². The van der Waals surface area contributed by atoms with Crippen molar-refractivity contribution in [2.24, 2.45) is 0 Å². The van der Waals surface area contributed by atoms with Crippen molar-refractivity contribution < 1.29 is 12.8 Å². The van der Waals surface area contributed by atoms with Crippen molar-refractivity contribution in [2.75, 3.05) is 6.26 Å². The first kappa shape index (κ1) is 11.0. The van der Waals surface area contributed by atoms with Crippen molar-refractivity contribution in [1.82, 2.24) is 4.98 Å². The van der Waals surface area contributed by atoms with Crippen molar-refractivity contribution in [3.05, 3.63) is 35.8 Å². The first-order chi connectivity index (χ1) is 7.39. The number of hydrogen-bond acceptors (Lipinski definition) is 3. The van der Waals surface area contributed by atoms with E-state index < -0.39 is 15.8 Å². The highest BCUT2D eigenvalue weighted by Gasteiger charge is 2.16. The van der Waals surface area contributed by atoms with E-state index >= 15 is 0 Å². The van der Waals surface area contributed by atoms with Crippen LogP contribution in [0.5, 0.6) is 0 Å². The second-order valence-electron chi connectivity index (χ2n) is 3.70. The van der Waals surface area contributed by atoms with Crippen molar-refractivity contribution >= 4 is 20.7 Å². The number of aryl methyl sites for hydroxylation is 1. The largest absolute Gasteiger partial charge is 0.232 e. The maximum atomic E-state index is 13.5. The summed E-state index contributed by atoms with van der Waals surface area (Å²) in [4.78, 5) is 3.34. The average molecular weight is 239 g/mol. The zero-order valence-electron chi connectivity index (χ0n) is 8.86. The molecule has 0 unspecified atom stereocenters. The molecule has 2 aromatic rings. The molecule has 1 heterocycles. The van der Waals surface area contributed by atoms with Gasteiger partial charge in [0, 0.05) is 11.6 Å². The van der Waals surface area contributed by atoms with E-state index in [1.807, 2.05) is 0 Å². The van der Waals surface area contributed by atoms with Gasteiger partial charge in [-0.1, -0.05) is 18.2 Å². The van der Waals surface area contributed by atoms with Gasteiger partial charge in [0.05, 0.1) is 5.52 Å². The fourth-order valence-corrected chi connectivity index (χ4v) is 2.26. The lowest BCUT2D eigenvalue weighted by molar-refractivity contribution is 0.545. The molecule has 1 aromatic carbocycles. The Balaban J connectivity index is 2.88. The van der Waals surface area contributed by atoms with Crippen molar-refractivity contribution in [1.29, 1.82) is 0 Å². The fraction of sp³-hybridized carbons (Fsp3) is 0.182. The molecular formula is C11H10FNO2S. The van der Waals surface area contributed by atoms with Crippen LogP contribution in [0.3, 0.4) is 0 Å². The molecule has 0 radical (unpaired) electrons. The summed E-state index contributed by atoms with van der Waals surface area (Å²) in [7, 11) is -3.58. The number of pyridine rings is 1. The lowest BCUT2D eigenvalue weighted by Crippen LogP contribution is -2.03. The molecule has 0 aliphatic heterocycles. The van der Waals surface area contributed by atoms with Crippen LogP contribution in [-0.2, 0) is 9.84 Å². The molecule has 0 fully saturated rings. The van der Waals surface area contributed by atoms with Crippen LogP contribution in [0.1, 0.15) is 5.56 Å². The van der Waals surface area contributed by atoms with Crippen LogP contribution in [-0.4, -0.2) is 19.7 Å². The van der Waals surface area contributed by atoms with E-state index in [0.717, 1.165) is 11.8 Å². The van der Waals surface area contributed by atoms with Crippen LogP contribution in [0.4, 0.5) is 4.39 Å². The number of aromatic nitrogens is 1. The Morgan fingerprint density at radius 1 is 1.31 bits per heavy atom. The number of sulfone groups is 1. The molecule has 0 atom stereocenters. The van der Waals surface area contributed by atoms with Gasteiger partial charge in [-0.25, -0.2) is 13.4 Å². The highest BCUT2D eigenvalue weighted by atomic mass is 32.2. The predicted molar refractivity (Wildman–Crippen MR) is 59.5 cm³/mol. The maximum Gasteiger partial charge on any atom is 0.232 e. The average Bonchev–Trinajstić information content (AvgIpc) is 2.17. The summed E-state index contributed by atoms with van der Waals surface area (Å²) in [6.07, 6.45) is 0.967. The number of nitrogens with zero attached hydrogens (tertiary/aromatic N) is 1. The highest BCUT2D eigenvalue weighted by molar-refractivity contribution is 7.90. The molecule has 3 nitrogen and oxygen atoms in total. The van der Waals surface area contributed by atoms with Crippen LogP contribution in [0, 0.1) is 12.9 Å². The lowest BCUT2D eigenvalue weighted by Gasteiger charge is -2.04. The third-order valence-electron chi connectivity index (χ3n) is 2.37. The summed E-state index contributed by atoms with van der Waals surface area (Å²) in [5.74, 6) is -0.940. The van der Waals surface area contributed by atoms with Crippen molar-refractivity contribution in [3.63, 3.8) is 0 Å². The van der Waals surface area contributed by atoms with Gasteiger partial charge in [-0.05, 0) is 18.6 Å². The number of hydrogen-bond donors (Lipinski definition) is 0. The summed E-state index contributed by atoms with van der Waals surface area (Å²) < 4.78 is 36.1. The Morgan fingerprint density at radius 2 is 2.00 bits per heavy atom. The third-order valence-corrected chi connectivity index (χ3v) is 3.45. The molecule has 0 amide bonds. The SMILES string of the molecule is Cc1cccc2cc(S(C)(=O)=O)c(F)nc12. The first-order valence-corrected chi connectivity index (χ1v) is 6.54. The Morgan fingerprint density at radius 3 is 2.62 bits per heavy atom. The third kappa shape index (κ3) is 1.78. The summed E-state index contributed by atoms with van der Waals surface area (Å²) in [6.45, 7) is 1.80. The number of halogens is 1. The minimum atomic E-state index is -3.58. The Kier molecular flexibility index (Phi) is 2.42. The smallest absolute Gasteiger partial charge is 0.224 e. The minimum absolute atomic E-state index is 0.356. The number of fused-ring (bicyclic) bond motifs is 1. The highest BCUT2D eigenvalue weighted by Crippen LogP contribution is 2.21. The standard InChI is InChI=1S/C11H10FNO2S/c1-7-4-3-5-8-6-9(16(2,14)15)11(12)13-10(7)8/h3-6H,1-2H3. The Hall–Kier alpha value is -1.49. The van der Waals surface area contributed by atoms with Gasteiger partial charge in [0.2, 0.25) is 5.95 Å². The van der Waals surface area contributed by atoms with E-state index in [4.69, 9.17) is 0 Å². The van der Waals surface area contributed by atoms with Gasteiger partial charge in [0.15, 0.2) is 9.84 Å². The second-order valence-corrected chi connectivity index (χ2v) is 5.68. The molecule has 16 heavy (non-hydrogen) atoms. The number of benzene rings is 1. The Bertz CT molecular complexity index is 665. The first-order valence-electron chi connectivity index (χ1n) is 4.65. The normalized spacial score (nSPS) is 11.9. The summed E-state index contributed by atoms with van der Waals surface area (Å²) in [6, 6.07) is 6.61. The fourth-order valence-electron chi connectivity index (χ4n) is 1.56. The molecule has 0 spiro atoms. The molecule has 1 aromatic heterocycles. The van der Waals surface area contributed by atoms with E-state index in [0.29, 0.717) is 10.9 Å². The van der Waals surface area contributed by atoms with Gasteiger partial charge < -0.3 is 0 Å². The number of rotatable bonds is 1. The van der Waals surface area contributed by atoms with E-state index in [-0.39, 0.29) is 4.90 Å². The van der Waals surface area contributed by atoms with Crippen molar-refractivity contribution in [3.8, 4) is 0 Å². The lowest BCUT2D eigenvalue weighted by atomic mass is 10.1. The van der Waals surface area contributed by atoms with Crippen LogP contribution in [0.2, 0.25) is 0 Å². The molecule has 0 N–H and O–H groups in total. The molecule has 0 bridgehead atoms. The van der Waals surface area contributed by atoms with Crippen LogP contribution < -0.4 is 0 Å². The molecule has 5 heteroatoms. The summed E-state index contributed by atoms with van der Waals surface area (Å²) in [5, 5.41) is 0.627. The van der Waals surface area contributed by atoms with Crippen LogP contribution >= 0.6 is 0 Å². The Labute approximate surface area is 92.9 Å². The molecular weight excluding hydrogens is 229 g/mol. The van der Waals surface area contributed by atoms with E-state index in [1.54, 1.807) is 25.1 Å². The molecule has 2 rings (SSSR count). The second kappa shape index (κ2) is 3.52. The van der Waals surface area contributed by atoms with Gasteiger partial charge in [-0.2, -0.15) is 4.39 Å². The zero-order chi connectivity index (χ0) is 11.9. The predicted octanol–water partition coefficient (Wildman–Crippen LogP) is 2.09. The van der Waals surface area contributed by atoms with Gasteiger partial charge in [0.25, 0.3) is 0 Å². The van der Waals surface area contributed by atoms with Gasteiger partial charge >= 0.3 is 0 Å². The van der Waals surface area contributed by atoms with Gasteiger partial charge in [0.1, 0.15) is 4.90 Å². The molecule has 0 saturated heterocycles. The topological polar surface area (TPSA) is 47.0 Å².